The number of aryl methyl sites for hydroxylation is 1. The van der Waals surface area contributed by atoms with Crippen molar-refractivity contribution in [2.75, 3.05) is 31.1 Å². The Kier molecular flexibility index (Phi) is 6.37. The third-order valence-corrected chi connectivity index (χ3v) is 7.87. The zero-order chi connectivity index (χ0) is 27.3. The number of anilines is 1. The number of fused-ring (bicyclic) bond motifs is 1. The molecule has 0 spiro atoms. The van der Waals surface area contributed by atoms with Crippen LogP contribution in [0.5, 0.6) is 0 Å². The standard InChI is InChI=1S/C28H29FN8O2/c1-16-15-37(26(18-5-7-20(29)8-6-18)28-33-27(34-39-28)19-12-31-13-19)17(2)14-36(16)22-11-24(38)35(4)21-9-10-23(30-3)32-25(21)22/h5-11,16-17,19,26,31H,12-15H2,1-2,4H3/t16-,17+,26?/m0/s1. The Morgan fingerprint density at radius 1 is 1.10 bits per heavy atom. The number of halogens is 1. The molecule has 3 aromatic heterocycles. The lowest BCUT2D eigenvalue weighted by Crippen LogP contribution is -2.57. The van der Waals surface area contributed by atoms with Crippen molar-refractivity contribution in [3.63, 3.8) is 0 Å². The number of nitrogens with zero attached hydrogens (tertiary/aromatic N) is 7. The SMILES string of the molecule is [C-]#[N+]c1ccc2c(n1)c(N1C[C@@H](C)N(C(c3ccc(F)cc3)c3nc(C4CNC4)no3)C[C@@H]1C)cc(=O)n2C. The molecule has 2 saturated heterocycles. The number of piperazine rings is 1. The molecule has 39 heavy (non-hydrogen) atoms. The van der Waals surface area contributed by atoms with Gasteiger partial charge < -0.3 is 24.2 Å². The van der Waals surface area contributed by atoms with Gasteiger partial charge in [0.2, 0.25) is 11.4 Å². The molecule has 1 N–H and O–H groups in total. The molecule has 5 heterocycles. The number of rotatable bonds is 5. The fourth-order valence-electron chi connectivity index (χ4n) is 5.55. The molecule has 0 bridgehead atoms. The Morgan fingerprint density at radius 3 is 2.56 bits per heavy atom. The summed E-state index contributed by atoms with van der Waals surface area (Å²) in [5, 5.41) is 7.50. The third-order valence-electron chi connectivity index (χ3n) is 7.87. The molecule has 1 aromatic carbocycles. The molecule has 0 saturated carbocycles. The normalized spacial score (nSPS) is 21.1. The summed E-state index contributed by atoms with van der Waals surface area (Å²) < 4.78 is 21.2. The number of benzene rings is 1. The van der Waals surface area contributed by atoms with Crippen molar-refractivity contribution in [1.82, 2.24) is 29.9 Å². The van der Waals surface area contributed by atoms with E-state index in [1.807, 2.05) is 0 Å². The Bertz CT molecular complexity index is 1620. The Hall–Kier alpha value is -4.14. The zero-order valence-electron chi connectivity index (χ0n) is 22.0. The average molecular weight is 529 g/mol. The third kappa shape index (κ3) is 4.45. The van der Waals surface area contributed by atoms with Crippen LogP contribution in [0.25, 0.3) is 15.9 Å². The van der Waals surface area contributed by atoms with Gasteiger partial charge in [0, 0.05) is 57.3 Å². The summed E-state index contributed by atoms with van der Waals surface area (Å²) in [6, 6.07) is 11.1. The number of pyridine rings is 2. The van der Waals surface area contributed by atoms with Crippen molar-refractivity contribution >= 4 is 22.5 Å². The topological polar surface area (TPSA) is 96.7 Å². The Balaban J connectivity index is 1.37. The minimum Gasteiger partial charge on any atom is -0.362 e. The van der Waals surface area contributed by atoms with E-state index in [1.165, 1.54) is 12.1 Å². The first-order valence-electron chi connectivity index (χ1n) is 13.0. The molecule has 6 rings (SSSR count). The van der Waals surface area contributed by atoms with E-state index < -0.39 is 0 Å². The smallest absolute Gasteiger partial charge is 0.270 e. The van der Waals surface area contributed by atoms with Crippen LogP contribution < -0.4 is 15.8 Å². The summed E-state index contributed by atoms with van der Waals surface area (Å²) in [6.45, 7) is 14.5. The highest BCUT2D eigenvalue weighted by atomic mass is 19.1. The van der Waals surface area contributed by atoms with Gasteiger partial charge in [0.1, 0.15) is 11.9 Å². The van der Waals surface area contributed by atoms with E-state index in [4.69, 9.17) is 16.1 Å². The van der Waals surface area contributed by atoms with Gasteiger partial charge in [-0.15, -0.1) is 4.98 Å². The molecule has 0 aliphatic carbocycles. The van der Waals surface area contributed by atoms with E-state index in [9.17, 15) is 9.18 Å². The van der Waals surface area contributed by atoms with Crippen LogP contribution in [-0.2, 0) is 7.05 Å². The van der Waals surface area contributed by atoms with Gasteiger partial charge in [0.15, 0.2) is 5.82 Å². The van der Waals surface area contributed by atoms with Crippen LogP contribution in [0.4, 0.5) is 15.9 Å². The number of nitrogens with one attached hydrogen (secondary N) is 1. The van der Waals surface area contributed by atoms with Gasteiger partial charge in [0.05, 0.1) is 11.2 Å². The molecule has 3 atom stereocenters. The van der Waals surface area contributed by atoms with Crippen molar-refractivity contribution in [2.45, 2.75) is 37.9 Å². The maximum absolute atomic E-state index is 13.8. The van der Waals surface area contributed by atoms with Crippen molar-refractivity contribution < 1.29 is 8.91 Å². The van der Waals surface area contributed by atoms with Gasteiger partial charge in [0.25, 0.3) is 11.4 Å². The highest BCUT2D eigenvalue weighted by Crippen LogP contribution is 2.36. The highest BCUT2D eigenvalue weighted by molar-refractivity contribution is 5.89. The van der Waals surface area contributed by atoms with Gasteiger partial charge in [-0.05, 0) is 43.7 Å². The van der Waals surface area contributed by atoms with Crippen molar-refractivity contribution in [1.29, 1.82) is 0 Å². The summed E-state index contributed by atoms with van der Waals surface area (Å²) in [4.78, 5) is 30.2. The average Bonchev–Trinajstić information content (AvgIpc) is 3.36. The highest BCUT2D eigenvalue weighted by Gasteiger charge is 2.39. The summed E-state index contributed by atoms with van der Waals surface area (Å²) in [5.41, 5.74) is 2.76. The first-order valence-corrected chi connectivity index (χ1v) is 13.0. The van der Waals surface area contributed by atoms with E-state index >= 15 is 0 Å². The Morgan fingerprint density at radius 2 is 1.87 bits per heavy atom. The lowest BCUT2D eigenvalue weighted by Gasteiger charge is -2.47. The molecule has 2 aliphatic rings. The Labute approximate surface area is 224 Å². The van der Waals surface area contributed by atoms with E-state index in [-0.39, 0.29) is 41.2 Å². The maximum Gasteiger partial charge on any atom is 0.270 e. The molecule has 11 heteroatoms. The minimum atomic E-state index is -0.355. The molecule has 2 aliphatic heterocycles. The molecule has 1 unspecified atom stereocenters. The van der Waals surface area contributed by atoms with E-state index in [1.54, 1.807) is 41.9 Å². The monoisotopic (exact) mass is 528 g/mol. The molecule has 0 radical (unpaired) electrons. The quantitative estimate of drug-likeness (QED) is 0.394. The summed E-state index contributed by atoms with van der Waals surface area (Å²) >= 11 is 0. The number of hydrogen-bond acceptors (Lipinski definition) is 8. The van der Waals surface area contributed by atoms with E-state index in [0.717, 1.165) is 18.7 Å². The number of hydrogen-bond donors (Lipinski definition) is 1. The molecule has 4 aromatic rings. The van der Waals surface area contributed by atoms with Crippen molar-refractivity contribution in [2.24, 2.45) is 7.05 Å². The van der Waals surface area contributed by atoms with E-state index in [0.29, 0.717) is 41.5 Å². The van der Waals surface area contributed by atoms with Crippen LogP contribution in [-0.4, -0.2) is 62.9 Å². The fraction of sp³-hybridized carbons (Fsp3) is 0.393. The van der Waals surface area contributed by atoms with Gasteiger partial charge >= 0.3 is 0 Å². The molecule has 200 valence electrons. The molecule has 2 fully saturated rings. The van der Waals surface area contributed by atoms with Gasteiger partial charge in [-0.3, -0.25) is 9.69 Å². The van der Waals surface area contributed by atoms with Gasteiger partial charge in [-0.1, -0.05) is 23.9 Å². The second-order valence-electron chi connectivity index (χ2n) is 10.4. The van der Waals surface area contributed by atoms with Crippen LogP contribution in [0.2, 0.25) is 0 Å². The number of aromatic nitrogens is 4. The van der Waals surface area contributed by atoms with Gasteiger partial charge in [-0.25, -0.2) is 4.39 Å². The predicted molar refractivity (Wildman–Crippen MR) is 144 cm³/mol. The second-order valence-corrected chi connectivity index (χ2v) is 10.4. The van der Waals surface area contributed by atoms with Crippen LogP contribution in [0, 0.1) is 12.4 Å². The molecule has 0 amide bonds. The van der Waals surface area contributed by atoms with Crippen LogP contribution in [0.15, 0.2) is 51.8 Å². The van der Waals surface area contributed by atoms with Crippen LogP contribution in [0.3, 0.4) is 0 Å². The lowest BCUT2D eigenvalue weighted by molar-refractivity contribution is 0.110. The summed E-state index contributed by atoms with van der Waals surface area (Å²) in [7, 11) is 1.71. The maximum atomic E-state index is 13.8. The minimum absolute atomic E-state index is 0.000117. The predicted octanol–water partition coefficient (Wildman–Crippen LogP) is 3.38. The zero-order valence-corrected chi connectivity index (χ0v) is 22.0. The van der Waals surface area contributed by atoms with Gasteiger partial charge in [-0.2, -0.15) is 4.98 Å². The lowest BCUT2D eigenvalue weighted by atomic mass is 9.98. The summed E-state index contributed by atoms with van der Waals surface area (Å²) in [5.74, 6) is 1.37. The molecular weight excluding hydrogens is 499 g/mol. The summed E-state index contributed by atoms with van der Waals surface area (Å²) in [6.07, 6.45) is 0. The van der Waals surface area contributed by atoms with Crippen LogP contribution in [0.1, 0.15) is 43.1 Å². The second kappa shape index (κ2) is 9.87. The van der Waals surface area contributed by atoms with Crippen molar-refractivity contribution in [3.05, 3.63) is 87.3 Å². The fourth-order valence-corrected chi connectivity index (χ4v) is 5.55. The van der Waals surface area contributed by atoms with E-state index in [2.05, 4.69) is 43.9 Å². The molecular formula is C28H29FN8O2. The first-order chi connectivity index (χ1) is 18.8. The largest absolute Gasteiger partial charge is 0.362 e. The first kappa shape index (κ1) is 25.2. The van der Waals surface area contributed by atoms with Crippen molar-refractivity contribution in [3.8, 4) is 0 Å². The van der Waals surface area contributed by atoms with Crippen LogP contribution >= 0.6 is 0 Å². The molecule has 10 nitrogen and oxygen atoms in total.